The van der Waals surface area contributed by atoms with Crippen LogP contribution < -0.4 is 30.0 Å². The molecule has 0 aromatic heterocycles. The molecule has 11 heteroatoms. The number of aromatic hydroxyl groups is 2. The second-order valence-corrected chi connectivity index (χ2v) is 10.1. The van der Waals surface area contributed by atoms with Gasteiger partial charge in [0.15, 0.2) is 23.0 Å². The lowest BCUT2D eigenvalue weighted by atomic mass is 10.1. The average molecular weight is 665 g/mol. The molecule has 0 unspecified atom stereocenters. The minimum absolute atomic E-state index is 0. The Kier molecular flexibility index (Phi) is 18.7. The Morgan fingerprint density at radius 2 is 1.12 bits per heavy atom. The zero-order valence-corrected chi connectivity index (χ0v) is 27.2. The number of carbonyl (C=O) groups is 2. The van der Waals surface area contributed by atoms with Crippen LogP contribution in [0.25, 0.3) is 0 Å². The Bertz CT molecular complexity index is 1560. The van der Waals surface area contributed by atoms with E-state index in [0.29, 0.717) is 30.2 Å². The second-order valence-electron chi connectivity index (χ2n) is 10.1. The van der Waals surface area contributed by atoms with Crippen molar-refractivity contribution in [3.8, 4) is 34.5 Å². The number of aliphatic carboxylic acids is 1. The molecule has 0 saturated heterocycles. The number of nitrogens with two attached hydrogens (primary N) is 1. The van der Waals surface area contributed by atoms with Gasteiger partial charge in [-0.2, -0.15) is 0 Å². The molecule has 260 valence electrons. The fourth-order valence-electron chi connectivity index (χ4n) is 4.28. The highest BCUT2D eigenvalue weighted by Gasteiger charge is 2.08. The number of methoxy groups -OCH3 is 4. The van der Waals surface area contributed by atoms with Crippen LogP contribution in [-0.2, 0) is 35.3 Å². The summed E-state index contributed by atoms with van der Waals surface area (Å²) in [7, 11) is 6.22. The van der Waals surface area contributed by atoms with Crippen LogP contribution in [0.3, 0.4) is 0 Å². The molecule has 0 fully saturated rings. The van der Waals surface area contributed by atoms with E-state index in [1.165, 1.54) is 31.9 Å². The number of carboxylic acids is 1. The predicted octanol–water partition coefficient (Wildman–Crippen LogP) is 5.17. The Labute approximate surface area is 282 Å². The molecular weight excluding hydrogens is 616 g/mol. The van der Waals surface area contributed by atoms with Gasteiger partial charge < -0.3 is 45.3 Å². The van der Waals surface area contributed by atoms with Crippen molar-refractivity contribution in [2.75, 3.05) is 41.5 Å². The van der Waals surface area contributed by atoms with E-state index in [1.807, 2.05) is 42.5 Å². The number of ether oxygens (including phenoxy) is 4. The molecule has 48 heavy (non-hydrogen) atoms. The second kappa shape index (κ2) is 22.2. The van der Waals surface area contributed by atoms with Crippen molar-refractivity contribution >= 4 is 11.9 Å². The summed E-state index contributed by atoms with van der Waals surface area (Å²) in [5.41, 5.74) is 9.03. The van der Waals surface area contributed by atoms with Crippen LogP contribution in [0.4, 0.5) is 0 Å². The number of hydrogen-bond acceptors (Lipinski definition) is 9. The van der Waals surface area contributed by atoms with E-state index >= 15 is 0 Å². The minimum Gasteiger partial charge on any atom is -0.504 e. The SMILES string of the molecule is C.COc1ccc(CC(=O)O)cc1O.COc1cccc(CCN)c1.COc1cccc(CCNC(=O)Cc2ccc(OC)c(O)c2)c1. The molecule has 0 atom stereocenters. The number of phenolic OH excluding ortho intramolecular Hbond substituents is 2. The monoisotopic (exact) mass is 664 g/mol. The van der Waals surface area contributed by atoms with E-state index in [1.54, 1.807) is 38.5 Å². The fraction of sp³-hybridized carbons (Fsp3) is 0.297. The summed E-state index contributed by atoms with van der Waals surface area (Å²) >= 11 is 0. The highest BCUT2D eigenvalue weighted by Crippen LogP contribution is 2.27. The fourth-order valence-corrected chi connectivity index (χ4v) is 4.28. The van der Waals surface area contributed by atoms with Gasteiger partial charge >= 0.3 is 5.97 Å². The van der Waals surface area contributed by atoms with Gasteiger partial charge in [0.1, 0.15) is 11.5 Å². The number of carboxylic acid groups (broad SMARTS) is 1. The van der Waals surface area contributed by atoms with Crippen molar-refractivity contribution in [3.05, 3.63) is 107 Å². The molecule has 4 aromatic carbocycles. The molecule has 4 rings (SSSR count). The number of amides is 1. The molecule has 0 aliphatic carbocycles. The van der Waals surface area contributed by atoms with Crippen molar-refractivity contribution in [2.24, 2.45) is 5.73 Å². The number of phenols is 2. The Balaban J connectivity index is 0.000000391. The van der Waals surface area contributed by atoms with E-state index < -0.39 is 5.97 Å². The average Bonchev–Trinajstić information content (AvgIpc) is 3.06. The van der Waals surface area contributed by atoms with Gasteiger partial charge in [-0.1, -0.05) is 43.8 Å². The first-order chi connectivity index (χ1) is 22.6. The van der Waals surface area contributed by atoms with E-state index in [9.17, 15) is 19.8 Å². The molecule has 0 aliphatic heterocycles. The quantitative estimate of drug-likeness (QED) is 0.129. The van der Waals surface area contributed by atoms with Crippen LogP contribution in [0, 0.1) is 0 Å². The van der Waals surface area contributed by atoms with Gasteiger partial charge in [0.2, 0.25) is 5.91 Å². The molecule has 1 amide bonds. The maximum absolute atomic E-state index is 11.9. The maximum Gasteiger partial charge on any atom is 0.307 e. The van der Waals surface area contributed by atoms with Gasteiger partial charge in [0, 0.05) is 6.54 Å². The van der Waals surface area contributed by atoms with Crippen LogP contribution in [0.1, 0.15) is 29.7 Å². The lowest BCUT2D eigenvalue weighted by Gasteiger charge is -2.08. The Morgan fingerprint density at radius 3 is 1.54 bits per heavy atom. The maximum atomic E-state index is 11.9. The first-order valence-corrected chi connectivity index (χ1v) is 14.8. The van der Waals surface area contributed by atoms with E-state index in [0.717, 1.165) is 35.5 Å². The summed E-state index contributed by atoms with van der Waals surface area (Å²) < 4.78 is 20.0. The molecule has 0 aliphatic rings. The van der Waals surface area contributed by atoms with Crippen molar-refractivity contribution in [1.29, 1.82) is 0 Å². The Morgan fingerprint density at radius 1 is 0.646 bits per heavy atom. The van der Waals surface area contributed by atoms with Crippen LogP contribution in [0.15, 0.2) is 84.9 Å². The number of hydrogen-bond donors (Lipinski definition) is 5. The lowest BCUT2D eigenvalue weighted by Crippen LogP contribution is -2.27. The first kappa shape index (κ1) is 40.6. The summed E-state index contributed by atoms with van der Waals surface area (Å²) in [5, 5.41) is 30.3. The molecular formula is C37H48N2O9. The van der Waals surface area contributed by atoms with Crippen molar-refractivity contribution in [2.45, 2.75) is 33.1 Å². The van der Waals surface area contributed by atoms with Crippen LogP contribution in [-0.4, -0.2) is 68.7 Å². The molecule has 0 heterocycles. The van der Waals surface area contributed by atoms with Crippen LogP contribution in [0.5, 0.6) is 34.5 Å². The molecule has 0 radical (unpaired) electrons. The Hall–Kier alpha value is -5.42. The number of nitrogens with one attached hydrogen (secondary N) is 1. The third-order valence-corrected chi connectivity index (χ3v) is 6.64. The largest absolute Gasteiger partial charge is 0.504 e. The van der Waals surface area contributed by atoms with E-state index in [-0.39, 0.29) is 37.7 Å². The van der Waals surface area contributed by atoms with Crippen LogP contribution >= 0.6 is 0 Å². The third kappa shape index (κ3) is 14.8. The molecule has 4 aromatic rings. The normalized spacial score (nSPS) is 9.69. The summed E-state index contributed by atoms with van der Waals surface area (Å²) in [5.74, 6) is 1.43. The van der Waals surface area contributed by atoms with Crippen LogP contribution in [0.2, 0.25) is 0 Å². The summed E-state index contributed by atoms with van der Waals surface area (Å²) in [4.78, 5) is 22.3. The molecule has 0 spiro atoms. The molecule has 6 N–H and O–H groups in total. The van der Waals surface area contributed by atoms with Crippen molar-refractivity contribution in [3.63, 3.8) is 0 Å². The van der Waals surface area contributed by atoms with E-state index in [4.69, 9.17) is 29.8 Å². The summed E-state index contributed by atoms with van der Waals surface area (Å²) in [6, 6.07) is 25.2. The van der Waals surface area contributed by atoms with Gasteiger partial charge in [0.25, 0.3) is 0 Å². The lowest BCUT2D eigenvalue weighted by molar-refractivity contribution is -0.136. The molecule has 0 bridgehead atoms. The smallest absolute Gasteiger partial charge is 0.307 e. The predicted molar refractivity (Wildman–Crippen MR) is 187 cm³/mol. The van der Waals surface area contributed by atoms with Gasteiger partial charge in [-0.15, -0.1) is 0 Å². The zero-order chi connectivity index (χ0) is 34.6. The van der Waals surface area contributed by atoms with Gasteiger partial charge in [-0.25, -0.2) is 0 Å². The third-order valence-electron chi connectivity index (χ3n) is 6.64. The molecule has 11 nitrogen and oxygen atoms in total. The zero-order valence-electron chi connectivity index (χ0n) is 27.2. The first-order valence-electron chi connectivity index (χ1n) is 14.8. The van der Waals surface area contributed by atoms with E-state index in [2.05, 4.69) is 11.4 Å². The van der Waals surface area contributed by atoms with Crippen molar-refractivity contribution in [1.82, 2.24) is 5.32 Å². The van der Waals surface area contributed by atoms with Crippen molar-refractivity contribution < 1.29 is 43.9 Å². The number of carbonyl (C=O) groups excluding carboxylic acids is 1. The molecule has 0 saturated carbocycles. The highest BCUT2D eigenvalue weighted by atomic mass is 16.5. The summed E-state index contributed by atoms with van der Waals surface area (Å²) in [6.45, 7) is 1.24. The van der Waals surface area contributed by atoms with Gasteiger partial charge in [-0.3, -0.25) is 9.59 Å². The standard InChI is InChI=1S/C18H21NO4.C9H13NO.C9H10O4.CH4/c1-22-15-5-3-4-13(10-15)8-9-19-18(21)12-14-6-7-17(23-2)16(20)11-14;1-11-9-4-2-3-8(7-9)5-6-10;1-13-8-3-2-6(4-7(8)10)5-9(11)12;/h3-7,10-11,20H,8-9,12H2,1-2H3,(H,19,21);2-4,7H,5-6,10H2,1H3;2-4,10H,5H2,1H3,(H,11,12);1H4. The van der Waals surface area contributed by atoms with Gasteiger partial charge in [-0.05, 0) is 90.2 Å². The van der Waals surface area contributed by atoms with Gasteiger partial charge in [0.05, 0.1) is 41.3 Å². The highest BCUT2D eigenvalue weighted by molar-refractivity contribution is 5.78. The topological polar surface area (TPSA) is 170 Å². The number of rotatable bonds is 13. The number of benzene rings is 4. The minimum atomic E-state index is -0.926. The summed E-state index contributed by atoms with van der Waals surface area (Å²) in [6.07, 6.45) is 1.77.